The number of carbonyl (C=O) groups is 2. The predicted molar refractivity (Wildman–Crippen MR) is 175 cm³/mol. The number of carbonyl (C=O) groups excluding carboxylic acids is 2. The molecule has 0 spiro atoms. The van der Waals surface area contributed by atoms with Gasteiger partial charge in [0.15, 0.2) is 0 Å². The zero-order valence-electron chi connectivity index (χ0n) is 25.3. The molecule has 0 aromatic heterocycles. The Balaban J connectivity index is 1.75. The SMILES string of the molecule is CCOc1ccccc1N(CC(=O)N(Cc1c(Cl)cccc1Cl)[C@H](C)C(=O)NC1CCCCC1)S(=O)(=O)c1ccc(C)cc1. The van der Waals surface area contributed by atoms with Gasteiger partial charge in [-0.05, 0) is 70.0 Å². The first-order valence-corrected chi connectivity index (χ1v) is 17.1. The van der Waals surface area contributed by atoms with E-state index >= 15 is 0 Å². The summed E-state index contributed by atoms with van der Waals surface area (Å²) in [6, 6.07) is 17.2. The van der Waals surface area contributed by atoms with Crippen LogP contribution in [0.15, 0.2) is 71.6 Å². The fraction of sp³-hybridized carbons (Fsp3) is 0.394. The third-order valence-corrected chi connectivity index (χ3v) is 10.3. The summed E-state index contributed by atoms with van der Waals surface area (Å²) in [4.78, 5) is 29.2. The number of sulfonamides is 1. The molecule has 0 unspecified atom stereocenters. The number of ether oxygens (including phenoxy) is 1. The monoisotopic (exact) mass is 659 g/mol. The molecule has 0 saturated heterocycles. The van der Waals surface area contributed by atoms with Crippen LogP contribution in [0.3, 0.4) is 0 Å². The van der Waals surface area contributed by atoms with Crippen molar-refractivity contribution in [2.24, 2.45) is 0 Å². The van der Waals surface area contributed by atoms with E-state index in [9.17, 15) is 18.0 Å². The van der Waals surface area contributed by atoms with Crippen LogP contribution in [-0.2, 0) is 26.2 Å². The molecule has 2 amide bonds. The van der Waals surface area contributed by atoms with Crippen LogP contribution < -0.4 is 14.4 Å². The largest absolute Gasteiger partial charge is 0.492 e. The molecule has 1 atom stereocenters. The van der Waals surface area contributed by atoms with Crippen LogP contribution in [0.1, 0.15) is 57.1 Å². The van der Waals surface area contributed by atoms with Gasteiger partial charge in [-0.2, -0.15) is 0 Å². The quantitative estimate of drug-likeness (QED) is 0.232. The molecule has 1 N–H and O–H groups in total. The first kappa shape index (κ1) is 33.6. The molecule has 11 heteroatoms. The maximum absolute atomic E-state index is 14.3. The number of nitrogens with one attached hydrogen (secondary N) is 1. The average Bonchev–Trinajstić information content (AvgIpc) is 3.00. The van der Waals surface area contributed by atoms with Crippen molar-refractivity contribution in [2.75, 3.05) is 17.5 Å². The fourth-order valence-electron chi connectivity index (χ4n) is 5.30. The standard InChI is InChI=1S/C33H39Cl2N3O5S/c1-4-43-31-16-9-8-15-30(31)38(44(41,42)26-19-17-23(2)18-20-26)22-32(39)37(21-27-28(34)13-10-14-29(27)35)24(3)33(40)36-25-11-6-5-7-12-25/h8-10,13-20,24-25H,4-7,11-12,21-22H2,1-3H3,(H,36,40)/t24-/m1/s1. The van der Waals surface area contributed by atoms with Gasteiger partial charge in [0.1, 0.15) is 18.3 Å². The second-order valence-corrected chi connectivity index (χ2v) is 13.6. The third kappa shape index (κ3) is 8.06. The fourth-order valence-corrected chi connectivity index (χ4v) is 7.24. The summed E-state index contributed by atoms with van der Waals surface area (Å²) in [5, 5.41) is 3.76. The molecule has 3 aromatic carbocycles. The van der Waals surface area contributed by atoms with Crippen LogP contribution in [0.2, 0.25) is 10.0 Å². The van der Waals surface area contributed by atoms with Gasteiger partial charge in [0.05, 0.1) is 17.2 Å². The van der Waals surface area contributed by atoms with Crippen LogP contribution in [0, 0.1) is 6.92 Å². The lowest BCUT2D eigenvalue weighted by Gasteiger charge is -2.34. The molecule has 0 aliphatic heterocycles. The van der Waals surface area contributed by atoms with E-state index < -0.39 is 28.5 Å². The molecule has 0 heterocycles. The van der Waals surface area contributed by atoms with Gasteiger partial charge in [0.2, 0.25) is 11.8 Å². The smallest absolute Gasteiger partial charge is 0.264 e. The lowest BCUT2D eigenvalue weighted by molar-refractivity contribution is -0.139. The molecule has 1 aliphatic carbocycles. The first-order valence-electron chi connectivity index (χ1n) is 14.9. The molecule has 0 bridgehead atoms. The molecule has 236 valence electrons. The highest BCUT2D eigenvalue weighted by Gasteiger charge is 2.35. The van der Waals surface area contributed by atoms with Gasteiger partial charge in [-0.25, -0.2) is 8.42 Å². The van der Waals surface area contributed by atoms with Gasteiger partial charge in [0.25, 0.3) is 10.0 Å². The molecule has 3 aromatic rings. The molecule has 1 saturated carbocycles. The molecule has 0 radical (unpaired) electrons. The number of halogens is 2. The number of benzene rings is 3. The topological polar surface area (TPSA) is 96.0 Å². The Morgan fingerprint density at radius 3 is 2.23 bits per heavy atom. The predicted octanol–water partition coefficient (Wildman–Crippen LogP) is 6.76. The number of nitrogens with zero attached hydrogens (tertiary/aromatic N) is 2. The molecule has 44 heavy (non-hydrogen) atoms. The zero-order valence-corrected chi connectivity index (χ0v) is 27.6. The summed E-state index contributed by atoms with van der Waals surface area (Å²) in [6.07, 6.45) is 4.94. The summed E-state index contributed by atoms with van der Waals surface area (Å²) in [6.45, 7) is 4.89. The molecule has 4 rings (SSSR count). The Morgan fingerprint density at radius 1 is 0.955 bits per heavy atom. The minimum absolute atomic E-state index is 0.0194. The van der Waals surface area contributed by atoms with Crippen molar-refractivity contribution in [3.05, 3.63) is 87.9 Å². The van der Waals surface area contributed by atoms with Crippen molar-refractivity contribution < 1.29 is 22.7 Å². The number of amides is 2. The average molecular weight is 661 g/mol. The number of para-hydroxylation sites is 2. The first-order chi connectivity index (χ1) is 21.0. The Kier molecular flexibility index (Phi) is 11.6. The second kappa shape index (κ2) is 15.1. The number of hydrogen-bond acceptors (Lipinski definition) is 5. The van der Waals surface area contributed by atoms with Crippen molar-refractivity contribution in [2.45, 2.75) is 76.4 Å². The molecule has 1 fully saturated rings. The summed E-state index contributed by atoms with van der Waals surface area (Å²) in [7, 11) is -4.24. The van der Waals surface area contributed by atoms with Gasteiger partial charge in [0, 0.05) is 28.2 Å². The van der Waals surface area contributed by atoms with Crippen LogP contribution in [0.4, 0.5) is 5.69 Å². The normalized spacial score (nSPS) is 14.5. The maximum atomic E-state index is 14.3. The van der Waals surface area contributed by atoms with Gasteiger partial charge in [-0.15, -0.1) is 0 Å². The number of hydrogen-bond donors (Lipinski definition) is 1. The number of aryl methyl sites for hydroxylation is 1. The zero-order chi connectivity index (χ0) is 31.9. The van der Waals surface area contributed by atoms with Crippen molar-refractivity contribution in [1.29, 1.82) is 0 Å². The highest BCUT2D eigenvalue weighted by Crippen LogP contribution is 2.33. The Hall–Kier alpha value is -3.27. The van der Waals surface area contributed by atoms with Gasteiger partial charge in [-0.3, -0.25) is 13.9 Å². The summed E-state index contributed by atoms with van der Waals surface area (Å²) >= 11 is 13.0. The summed E-state index contributed by atoms with van der Waals surface area (Å²) < 4.78 is 35.2. The van der Waals surface area contributed by atoms with Crippen LogP contribution >= 0.6 is 23.2 Å². The maximum Gasteiger partial charge on any atom is 0.264 e. The molecular formula is C33H39Cl2N3O5S. The highest BCUT2D eigenvalue weighted by atomic mass is 35.5. The van der Waals surface area contributed by atoms with E-state index in [1.54, 1.807) is 68.4 Å². The van der Waals surface area contributed by atoms with E-state index in [2.05, 4.69) is 5.32 Å². The van der Waals surface area contributed by atoms with Crippen molar-refractivity contribution in [1.82, 2.24) is 10.2 Å². The van der Waals surface area contributed by atoms with E-state index in [0.717, 1.165) is 42.0 Å². The Labute approximate surface area is 270 Å². The third-order valence-electron chi connectivity index (χ3n) is 7.83. The molecule has 8 nitrogen and oxygen atoms in total. The molecular weight excluding hydrogens is 621 g/mol. The van der Waals surface area contributed by atoms with Crippen molar-refractivity contribution in [3.63, 3.8) is 0 Å². The minimum atomic E-state index is -4.24. The highest BCUT2D eigenvalue weighted by molar-refractivity contribution is 7.92. The lowest BCUT2D eigenvalue weighted by Crippen LogP contribution is -2.53. The van der Waals surface area contributed by atoms with Crippen LogP contribution in [-0.4, -0.2) is 50.4 Å². The van der Waals surface area contributed by atoms with E-state index in [0.29, 0.717) is 28.0 Å². The van der Waals surface area contributed by atoms with E-state index in [-0.39, 0.29) is 29.1 Å². The van der Waals surface area contributed by atoms with E-state index in [1.807, 2.05) is 6.92 Å². The van der Waals surface area contributed by atoms with Crippen molar-refractivity contribution in [3.8, 4) is 5.75 Å². The van der Waals surface area contributed by atoms with Gasteiger partial charge in [-0.1, -0.05) is 78.4 Å². The van der Waals surface area contributed by atoms with E-state index in [1.165, 1.54) is 17.0 Å². The Bertz CT molecular complexity index is 1540. The van der Waals surface area contributed by atoms with Crippen molar-refractivity contribution >= 4 is 50.7 Å². The van der Waals surface area contributed by atoms with Crippen LogP contribution in [0.5, 0.6) is 5.75 Å². The summed E-state index contributed by atoms with van der Waals surface area (Å²) in [5.41, 5.74) is 1.56. The summed E-state index contributed by atoms with van der Waals surface area (Å²) in [5.74, 6) is -0.618. The van der Waals surface area contributed by atoms with Gasteiger partial charge >= 0.3 is 0 Å². The Morgan fingerprint density at radius 2 is 1.59 bits per heavy atom. The number of anilines is 1. The molecule has 1 aliphatic rings. The number of rotatable bonds is 12. The second-order valence-electron chi connectivity index (χ2n) is 11.0. The lowest BCUT2D eigenvalue weighted by atomic mass is 9.95. The van der Waals surface area contributed by atoms with Crippen LogP contribution in [0.25, 0.3) is 0 Å². The van der Waals surface area contributed by atoms with E-state index in [4.69, 9.17) is 27.9 Å². The van der Waals surface area contributed by atoms with Gasteiger partial charge < -0.3 is 15.0 Å². The minimum Gasteiger partial charge on any atom is -0.492 e.